The molecule has 0 radical (unpaired) electrons. The van der Waals surface area contributed by atoms with Gasteiger partial charge in [-0.25, -0.2) is 4.98 Å². The number of anilines is 2. The summed E-state index contributed by atoms with van der Waals surface area (Å²) in [6.45, 7) is 7.82. The third-order valence-electron chi connectivity index (χ3n) is 6.15. The fourth-order valence-corrected chi connectivity index (χ4v) is 4.21. The molecule has 0 spiro atoms. The molecule has 0 aliphatic rings. The Kier molecular flexibility index (Phi) is 9.15. The molecule has 0 bridgehead atoms. The smallest absolute Gasteiger partial charge is 0.227 e. The first-order valence-corrected chi connectivity index (χ1v) is 12.9. The Morgan fingerprint density at radius 2 is 1.70 bits per heavy atom. The van der Waals surface area contributed by atoms with Crippen LogP contribution in [0, 0.1) is 6.92 Å². The van der Waals surface area contributed by atoms with Gasteiger partial charge in [-0.2, -0.15) is 10.2 Å². The number of H-pyrrole nitrogens is 1. The summed E-state index contributed by atoms with van der Waals surface area (Å²) in [4.78, 5) is 14.1. The van der Waals surface area contributed by atoms with Gasteiger partial charge in [0.25, 0.3) is 0 Å². The molecule has 4 aromatic rings. The van der Waals surface area contributed by atoms with Crippen LogP contribution in [0.5, 0.6) is 0 Å². The summed E-state index contributed by atoms with van der Waals surface area (Å²) in [7, 11) is 4.19. The maximum Gasteiger partial charge on any atom is 0.227 e. The average molecular weight is 500 g/mol. The van der Waals surface area contributed by atoms with Gasteiger partial charge in [-0.15, -0.1) is 10.2 Å². The van der Waals surface area contributed by atoms with Crippen LogP contribution in [0.1, 0.15) is 37.4 Å². The van der Waals surface area contributed by atoms with E-state index in [2.05, 4.69) is 87.1 Å². The van der Waals surface area contributed by atoms with Crippen molar-refractivity contribution < 1.29 is 0 Å². The van der Waals surface area contributed by atoms with Gasteiger partial charge in [0.05, 0.1) is 0 Å². The molecule has 0 fully saturated rings. The van der Waals surface area contributed by atoms with Crippen LogP contribution in [0.4, 0.5) is 11.8 Å². The number of hydrogen-bond donors (Lipinski definition) is 2. The largest absolute Gasteiger partial charge is 0.370 e. The van der Waals surface area contributed by atoms with E-state index in [1.165, 1.54) is 5.56 Å². The molecule has 9 nitrogen and oxygen atoms in total. The monoisotopic (exact) mass is 499 g/mol. The lowest BCUT2D eigenvalue weighted by molar-refractivity contribution is 0.405. The minimum atomic E-state index is 0.591. The number of aryl methyl sites for hydroxylation is 1. The molecule has 194 valence electrons. The number of benzene rings is 2. The SMILES string of the molecule is CCCCN(Cc1ccc(-c2ccccc2-c2nn[nH]n2)cc1)c1nc(C)cc(NCCCN(C)C)n1. The first-order valence-electron chi connectivity index (χ1n) is 12.9. The maximum atomic E-state index is 4.87. The molecule has 4 rings (SSSR count). The molecule has 37 heavy (non-hydrogen) atoms. The van der Waals surface area contributed by atoms with Crippen molar-refractivity contribution >= 4 is 11.8 Å². The summed E-state index contributed by atoms with van der Waals surface area (Å²) < 4.78 is 0. The van der Waals surface area contributed by atoms with Crippen molar-refractivity contribution in [3.63, 3.8) is 0 Å². The number of aromatic amines is 1. The van der Waals surface area contributed by atoms with Crippen molar-refractivity contribution in [3.05, 3.63) is 65.9 Å². The van der Waals surface area contributed by atoms with E-state index in [0.29, 0.717) is 5.82 Å². The van der Waals surface area contributed by atoms with Crippen LogP contribution in [-0.4, -0.2) is 69.2 Å². The Morgan fingerprint density at radius 3 is 2.41 bits per heavy atom. The third kappa shape index (κ3) is 7.33. The number of rotatable bonds is 13. The molecule has 9 heteroatoms. The zero-order chi connectivity index (χ0) is 26.0. The van der Waals surface area contributed by atoms with Crippen LogP contribution in [-0.2, 0) is 6.54 Å². The lowest BCUT2D eigenvalue weighted by atomic mass is 9.98. The second-order valence-electron chi connectivity index (χ2n) is 9.53. The molecular formula is C28H37N9. The molecular weight excluding hydrogens is 462 g/mol. The first-order chi connectivity index (χ1) is 18.0. The highest BCUT2D eigenvalue weighted by Crippen LogP contribution is 2.30. The third-order valence-corrected chi connectivity index (χ3v) is 6.15. The second-order valence-corrected chi connectivity index (χ2v) is 9.53. The van der Waals surface area contributed by atoms with Gasteiger partial charge in [0.1, 0.15) is 5.82 Å². The Morgan fingerprint density at radius 1 is 0.919 bits per heavy atom. The van der Waals surface area contributed by atoms with Gasteiger partial charge in [0, 0.05) is 37.0 Å². The van der Waals surface area contributed by atoms with Gasteiger partial charge >= 0.3 is 0 Å². The molecule has 0 atom stereocenters. The normalized spacial score (nSPS) is 11.2. The van der Waals surface area contributed by atoms with Crippen molar-refractivity contribution in [3.8, 4) is 22.5 Å². The van der Waals surface area contributed by atoms with E-state index < -0.39 is 0 Å². The minimum Gasteiger partial charge on any atom is -0.370 e. The summed E-state index contributed by atoms with van der Waals surface area (Å²) in [6.07, 6.45) is 3.26. The number of tetrazole rings is 1. The van der Waals surface area contributed by atoms with Crippen LogP contribution >= 0.6 is 0 Å². The van der Waals surface area contributed by atoms with E-state index in [4.69, 9.17) is 9.97 Å². The van der Waals surface area contributed by atoms with Gasteiger partial charge in [0.2, 0.25) is 11.8 Å². The van der Waals surface area contributed by atoms with Gasteiger partial charge in [-0.1, -0.05) is 61.9 Å². The maximum absolute atomic E-state index is 4.87. The molecule has 2 aromatic heterocycles. The minimum absolute atomic E-state index is 0.591. The Labute approximate surface area is 219 Å². The van der Waals surface area contributed by atoms with Crippen molar-refractivity contribution in [2.45, 2.75) is 39.7 Å². The standard InChI is InChI=1S/C28H37N9/c1-5-6-18-37(28-30-21(2)19-26(31-28)29-16-9-17-36(3)4)20-22-12-14-23(15-13-22)24-10-7-8-11-25(24)27-32-34-35-33-27/h7-8,10-15,19H,5-6,9,16-18,20H2,1-4H3,(H,29,30,31)(H,32,33,34,35). The van der Waals surface area contributed by atoms with Crippen LogP contribution in [0.2, 0.25) is 0 Å². The molecule has 2 N–H and O–H groups in total. The predicted molar refractivity (Wildman–Crippen MR) is 149 cm³/mol. The van der Waals surface area contributed by atoms with Gasteiger partial charge < -0.3 is 15.1 Å². The number of unbranched alkanes of at least 4 members (excludes halogenated alkanes) is 1. The van der Waals surface area contributed by atoms with Gasteiger partial charge in [-0.3, -0.25) is 0 Å². The van der Waals surface area contributed by atoms with E-state index in [1.54, 1.807) is 0 Å². The summed E-state index contributed by atoms with van der Waals surface area (Å²) in [5.74, 6) is 2.25. The van der Waals surface area contributed by atoms with Crippen LogP contribution in [0.3, 0.4) is 0 Å². The summed E-state index contributed by atoms with van der Waals surface area (Å²) in [5, 5.41) is 18.1. The number of hydrogen-bond acceptors (Lipinski definition) is 8. The van der Waals surface area contributed by atoms with Crippen molar-refractivity contribution in [2.75, 3.05) is 43.9 Å². The Balaban J connectivity index is 1.51. The highest BCUT2D eigenvalue weighted by molar-refractivity contribution is 5.80. The van der Waals surface area contributed by atoms with Gasteiger partial charge in [0.15, 0.2) is 0 Å². The fourth-order valence-electron chi connectivity index (χ4n) is 4.21. The van der Waals surface area contributed by atoms with Gasteiger partial charge in [-0.05, 0) is 62.3 Å². The molecule has 0 amide bonds. The fraction of sp³-hybridized carbons (Fsp3) is 0.393. The molecule has 2 aromatic carbocycles. The molecule has 0 aliphatic carbocycles. The zero-order valence-corrected chi connectivity index (χ0v) is 22.3. The van der Waals surface area contributed by atoms with E-state index in [9.17, 15) is 0 Å². The highest BCUT2D eigenvalue weighted by Gasteiger charge is 2.14. The van der Waals surface area contributed by atoms with E-state index in [1.807, 2.05) is 31.2 Å². The summed E-state index contributed by atoms with van der Waals surface area (Å²) in [6, 6.07) is 18.8. The van der Waals surface area contributed by atoms with Crippen molar-refractivity contribution in [2.24, 2.45) is 0 Å². The molecule has 0 saturated heterocycles. The van der Waals surface area contributed by atoms with E-state index in [0.717, 1.165) is 79.6 Å². The first kappa shape index (κ1) is 26.2. The van der Waals surface area contributed by atoms with Crippen molar-refractivity contribution in [1.82, 2.24) is 35.5 Å². The van der Waals surface area contributed by atoms with Crippen LogP contribution in [0.15, 0.2) is 54.6 Å². The van der Waals surface area contributed by atoms with Crippen LogP contribution in [0.25, 0.3) is 22.5 Å². The summed E-state index contributed by atoms with van der Waals surface area (Å²) in [5.41, 5.74) is 5.32. The lowest BCUT2D eigenvalue weighted by Crippen LogP contribution is -2.26. The Hall–Kier alpha value is -3.85. The van der Waals surface area contributed by atoms with E-state index in [-0.39, 0.29) is 0 Å². The topological polar surface area (TPSA) is 98.8 Å². The second kappa shape index (κ2) is 12.9. The molecule has 0 unspecified atom stereocenters. The number of nitrogens with zero attached hydrogens (tertiary/aromatic N) is 7. The zero-order valence-electron chi connectivity index (χ0n) is 22.3. The molecule has 0 saturated carbocycles. The highest BCUT2D eigenvalue weighted by atomic mass is 15.5. The van der Waals surface area contributed by atoms with Crippen LogP contribution < -0.4 is 10.2 Å². The lowest BCUT2D eigenvalue weighted by Gasteiger charge is -2.24. The predicted octanol–water partition coefficient (Wildman–Crippen LogP) is 4.80. The quantitative estimate of drug-likeness (QED) is 0.253. The number of aromatic nitrogens is 6. The van der Waals surface area contributed by atoms with E-state index >= 15 is 0 Å². The average Bonchev–Trinajstić information content (AvgIpc) is 3.44. The van der Waals surface area contributed by atoms with Crippen molar-refractivity contribution in [1.29, 1.82) is 0 Å². The molecule has 0 aliphatic heterocycles. The molecule has 2 heterocycles. The Bertz CT molecular complexity index is 1240. The summed E-state index contributed by atoms with van der Waals surface area (Å²) >= 11 is 0. The number of nitrogens with one attached hydrogen (secondary N) is 2.